The first-order valence-electron chi connectivity index (χ1n) is 5.02. The molecule has 17 heavy (non-hydrogen) atoms. The third-order valence-electron chi connectivity index (χ3n) is 2.60. The van der Waals surface area contributed by atoms with Crippen molar-refractivity contribution in [3.63, 3.8) is 0 Å². The van der Waals surface area contributed by atoms with Gasteiger partial charge in [0.05, 0.1) is 11.1 Å². The Morgan fingerprint density at radius 2 is 2.12 bits per heavy atom. The summed E-state index contributed by atoms with van der Waals surface area (Å²) in [6, 6.07) is 9.32. The number of benzene rings is 1. The van der Waals surface area contributed by atoms with Gasteiger partial charge in [-0.1, -0.05) is 18.2 Å². The van der Waals surface area contributed by atoms with Crippen molar-refractivity contribution in [3.8, 4) is 5.00 Å². The van der Waals surface area contributed by atoms with Crippen LogP contribution in [0, 0.1) is 0 Å². The molecule has 2 aromatic heterocycles. The van der Waals surface area contributed by atoms with Gasteiger partial charge in [0.2, 0.25) is 0 Å². The van der Waals surface area contributed by atoms with Gasteiger partial charge in [-0.2, -0.15) is 4.37 Å². The average molecular weight is 244 g/mol. The molecule has 0 aliphatic carbocycles. The van der Waals surface area contributed by atoms with Gasteiger partial charge in [-0.15, -0.1) is 0 Å². The third-order valence-corrected chi connectivity index (χ3v) is 3.35. The molecule has 0 fully saturated rings. The standard InChI is InChI=1S/C12H8N2O2S/c15-12(16)9-7-14(11-5-6-13-17-11)10-4-2-1-3-8(9)10/h1-7H,(H,15,16). The van der Waals surface area contributed by atoms with E-state index in [2.05, 4.69) is 4.37 Å². The Hall–Kier alpha value is -2.14. The topological polar surface area (TPSA) is 55.1 Å². The van der Waals surface area contributed by atoms with Crippen LogP contribution in [0.1, 0.15) is 10.4 Å². The molecule has 0 aliphatic heterocycles. The van der Waals surface area contributed by atoms with E-state index in [9.17, 15) is 4.79 Å². The van der Waals surface area contributed by atoms with Crippen LogP contribution >= 0.6 is 11.5 Å². The predicted octanol–water partition coefficient (Wildman–Crippen LogP) is 2.79. The molecule has 3 aromatic rings. The molecule has 0 spiro atoms. The van der Waals surface area contributed by atoms with Crippen molar-refractivity contribution < 1.29 is 9.90 Å². The highest BCUT2D eigenvalue weighted by Crippen LogP contribution is 2.26. The van der Waals surface area contributed by atoms with Crippen molar-refractivity contribution in [2.45, 2.75) is 0 Å². The first kappa shape index (κ1) is 10.0. The van der Waals surface area contributed by atoms with Gasteiger partial charge in [-0.3, -0.25) is 0 Å². The summed E-state index contributed by atoms with van der Waals surface area (Å²) in [4.78, 5) is 11.2. The summed E-state index contributed by atoms with van der Waals surface area (Å²) in [6.07, 6.45) is 3.34. The highest BCUT2D eigenvalue weighted by Gasteiger charge is 2.14. The molecule has 0 unspecified atom stereocenters. The lowest BCUT2D eigenvalue weighted by molar-refractivity contribution is 0.0699. The Bertz CT molecular complexity index is 686. The summed E-state index contributed by atoms with van der Waals surface area (Å²) in [5.41, 5.74) is 1.20. The minimum atomic E-state index is -0.913. The maximum Gasteiger partial charge on any atom is 0.337 e. The van der Waals surface area contributed by atoms with Gasteiger partial charge >= 0.3 is 5.97 Å². The van der Waals surface area contributed by atoms with Gasteiger partial charge in [-0.05, 0) is 23.7 Å². The second kappa shape index (κ2) is 3.71. The summed E-state index contributed by atoms with van der Waals surface area (Å²) in [6.45, 7) is 0. The molecule has 0 aliphatic rings. The average Bonchev–Trinajstić information content (AvgIpc) is 2.95. The van der Waals surface area contributed by atoms with E-state index in [-0.39, 0.29) is 0 Å². The summed E-state index contributed by atoms with van der Waals surface area (Å²) in [7, 11) is 0. The number of carboxylic acid groups (broad SMARTS) is 1. The van der Waals surface area contributed by atoms with Crippen LogP contribution in [-0.4, -0.2) is 20.0 Å². The van der Waals surface area contributed by atoms with E-state index >= 15 is 0 Å². The van der Waals surface area contributed by atoms with Crippen LogP contribution in [0.5, 0.6) is 0 Å². The molecule has 0 bridgehead atoms. The smallest absolute Gasteiger partial charge is 0.337 e. The first-order valence-corrected chi connectivity index (χ1v) is 5.79. The summed E-state index contributed by atoms with van der Waals surface area (Å²) in [5.74, 6) is -0.913. The van der Waals surface area contributed by atoms with Crippen LogP contribution in [0.15, 0.2) is 42.7 Å². The van der Waals surface area contributed by atoms with E-state index in [1.165, 1.54) is 11.5 Å². The highest BCUT2D eigenvalue weighted by atomic mass is 32.1. The summed E-state index contributed by atoms with van der Waals surface area (Å²) < 4.78 is 5.89. The van der Waals surface area contributed by atoms with Gasteiger partial charge in [-0.25, -0.2) is 4.79 Å². The molecule has 5 heteroatoms. The number of aromatic carboxylic acids is 1. The quantitative estimate of drug-likeness (QED) is 0.754. The zero-order valence-electron chi connectivity index (χ0n) is 8.70. The van der Waals surface area contributed by atoms with Crippen LogP contribution in [-0.2, 0) is 0 Å². The number of carboxylic acids is 1. The molecule has 0 amide bonds. The molecule has 4 nitrogen and oxygen atoms in total. The Morgan fingerprint density at radius 1 is 1.29 bits per heavy atom. The SMILES string of the molecule is O=C(O)c1cn(-c2ccns2)c2ccccc12. The predicted molar refractivity (Wildman–Crippen MR) is 65.9 cm³/mol. The van der Waals surface area contributed by atoms with Gasteiger partial charge in [0, 0.05) is 17.8 Å². The lowest BCUT2D eigenvalue weighted by Crippen LogP contribution is -1.94. The van der Waals surface area contributed by atoms with Gasteiger partial charge in [0.25, 0.3) is 0 Å². The molecule has 0 saturated carbocycles. The second-order valence-electron chi connectivity index (χ2n) is 3.59. The summed E-state index contributed by atoms with van der Waals surface area (Å²) in [5, 5.41) is 10.8. The number of nitrogens with zero attached hydrogens (tertiary/aromatic N) is 2. The lowest BCUT2D eigenvalue weighted by atomic mass is 10.2. The maximum atomic E-state index is 11.2. The van der Waals surface area contributed by atoms with Crippen molar-refractivity contribution in [2.24, 2.45) is 0 Å². The van der Waals surface area contributed by atoms with Crippen LogP contribution in [0.4, 0.5) is 0 Å². The van der Waals surface area contributed by atoms with E-state index in [0.717, 1.165) is 15.9 Å². The van der Waals surface area contributed by atoms with E-state index < -0.39 is 5.97 Å². The van der Waals surface area contributed by atoms with Crippen molar-refractivity contribution in [1.29, 1.82) is 0 Å². The number of aromatic nitrogens is 2. The molecular formula is C12H8N2O2S. The monoisotopic (exact) mass is 244 g/mol. The van der Waals surface area contributed by atoms with Crippen LogP contribution in [0.25, 0.3) is 15.9 Å². The minimum absolute atomic E-state index is 0.314. The third kappa shape index (κ3) is 1.52. The highest BCUT2D eigenvalue weighted by molar-refractivity contribution is 7.08. The Morgan fingerprint density at radius 3 is 2.82 bits per heavy atom. The molecular weight excluding hydrogens is 236 g/mol. The molecule has 1 N–H and O–H groups in total. The number of hydrogen-bond donors (Lipinski definition) is 1. The molecule has 0 atom stereocenters. The number of hydrogen-bond acceptors (Lipinski definition) is 3. The van der Waals surface area contributed by atoms with E-state index in [4.69, 9.17) is 5.11 Å². The van der Waals surface area contributed by atoms with E-state index in [1.54, 1.807) is 12.4 Å². The lowest BCUT2D eigenvalue weighted by Gasteiger charge is -1.99. The minimum Gasteiger partial charge on any atom is -0.478 e. The Labute approximate surface area is 101 Å². The summed E-state index contributed by atoms with van der Waals surface area (Å²) >= 11 is 1.34. The maximum absolute atomic E-state index is 11.2. The zero-order chi connectivity index (χ0) is 11.8. The van der Waals surface area contributed by atoms with Crippen molar-refractivity contribution in [2.75, 3.05) is 0 Å². The first-order chi connectivity index (χ1) is 8.27. The van der Waals surface area contributed by atoms with Crippen LogP contribution in [0.3, 0.4) is 0 Å². The molecule has 0 saturated heterocycles. The Balaban J connectivity index is 2.37. The molecule has 1 aromatic carbocycles. The fourth-order valence-electron chi connectivity index (χ4n) is 1.87. The normalized spacial score (nSPS) is 10.8. The second-order valence-corrected chi connectivity index (χ2v) is 4.40. The molecule has 2 heterocycles. The van der Waals surface area contributed by atoms with Gasteiger partial charge in [0.15, 0.2) is 0 Å². The van der Waals surface area contributed by atoms with Gasteiger partial charge in [0.1, 0.15) is 5.00 Å². The van der Waals surface area contributed by atoms with Crippen molar-refractivity contribution in [1.82, 2.24) is 8.94 Å². The molecule has 84 valence electrons. The number of rotatable bonds is 2. The Kier molecular flexibility index (Phi) is 2.19. The van der Waals surface area contributed by atoms with Crippen molar-refractivity contribution in [3.05, 3.63) is 48.3 Å². The number of fused-ring (bicyclic) bond motifs is 1. The van der Waals surface area contributed by atoms with Crippen LogP contribution in [0.2, 0.25) is 0 Å². The van der Waals surface area contributed by atoms with Gasteiger partial charge < -0.3 is 9.67 Å². The van der Waals surface area contributed by atoms with Crippen LogP contribution < -0.4 is 0 Å². The van der Waals surface area contributed by atoms with E-state index in [0.29, 0.717) is 5.56 Å². The van der Waals surface area contributed by atoms with Crippen molar-refractivity contribution >= 4 is 28.4 Å². The molecule has 0 radical (unpaired) electrons. The molecule has 3 rings (SSSR count). The largest absolute Gasteiger partial charge is 0.478 e. The zero-order valence-corrected chi connectivity index (χ0v) is 9.52. The number of carbonyl (C=O) groups is 1. The van der Waals surface area contributed by atoms with E-state index in [1.807, 2.05) is 34.9 Å². The fourth-order valence-corrected chi connectivity index (χ4v) is 2.46. The fraction of sp³-hybridized carbons (Fsp3) is 0. The number of para-hydroxylation sites is 1.